The summed E-state index contributed by atoms with van der Waals surface area (Å²) in [6.07, 6.45) is -4.14. The molecule has 2 nitrogen and oxygen atoms in total. The minimum absolute atomic E-state index is 0.0105. The van der Waals surface area contributed by atoms with E-state index in [1.165, 1.54) is 0 Å². The predicted molar refractivity (Wildman–Crippen MR) is 74.9 cm³/mol. The van der Waals surface area contributed by atoms with Gasteiger partial charge in [0.25, 0.3) is 0 Å². The van der Waals surface area contributed by atoms with Gasteiger partial charge in [-0.05, 0) is 38.6 Å². The molecule has 1 fully saturated rings. The number of benzene rings is 1. The van der Waals surface area contributed by atoms with Gasteiger partial charge in [0.05, 0.1) is 6.04 Å². The van der Waals surface area contributed by atoms with Crippen LogP contribution in [-0.4, -0.2) is 18.4 Å². The van der Waals surface area contributed by atoms with E-state index in [-0.39, 0.29) is 31.1 Å². The largest absolute Gasteiger partial charge is 0.422 e. The lowest BCUT2D eigenvalue weighted by Gasteiger charge is -2.14. The van der Waals surface area contributed by atoms with Crippen molar-refractivity contribution in [2.45, 2.75) is 50.7 Å². The van der Waals surface area contributed by atoms with Gasteiger partial charge >= 0.3 is 6.18 Å². The number of carbonyl (C=O) groups is 1. The molecule has 1 N–H and O–H groups in total. The summed E-state index contributed by atoms with van der Waals surface area (Å²) >= 11 is 0. The van der Waals surface area contributed by atoms with Crippen LogP contribution >= 0.6 is 0 Å². The van der Waals surface area contributed by atoms with Gasteiger partial charge in [-0.15, -0.1) is 0 Å². The van der Waals surface area contributed by atoms with Crippen LogP contribution in [0.15, 0.2) is 0 Å². The molecule has 1 atom stereocenters. The summed E-state index contributed by atoms with van der Waals surface area (Å²) in [5.41, 5.74) is -3.65. The normalized spacial score (nSPS) is 18.0. The molecule has 1 aliphatic heterocycles. The van der Waals surface area contributed by atoms with Gasteiger partial charge in [0, 0.05) is 12.0 Å². The molecule has 0 aliphatic carbocycles. The molecule has 9 heteroatoms. The third kappa shape index (κ3) is 4.31. The molecule has 1 aromatic rings. The highest BCUT2D eigenvalue weighted by Gasteiger charge is 2.42. The maximum Gasteiger partial charge on any atom is 0.422 e. The number of halogens is 7. The van der Waals surface area contributed by atoms with Crippen molar-refractivity contribution in [1.29, 1.82) is 0 Å². The summed E-state index contributed by atoms with van der Waals surface area (Å²) in [7, 11) is 0. The second-order valence-corrected chi connectivity index (χ2v) is 5.93. The van der Waals surface area contributed by atoms with E-state index in [4.69, 9.17) is 0 Å². The number of Topliss-reactive ketones (excluding diaryl/α,β-unsaturated/α-hetero) is 1. The van der Waals surface area contributed by atoms with Crippen LogP contribution in [0.3, 0.4) is 0 Å². The SMILES string of the molecule is O=C(CCCCc1c(F)c(F)c(C(F)(F)F)c(F)c1F)[C@@H]1CCCN1. The zero-order chi connectivity index (χ0) is 18.8. The zero-order valence-corrected chi connectivity index (χ0v) is 13.1. The topological polar surface area (TPSA) is 29.1 Å². The van der Waals surface area contributed by atoms with E-state index in [1.54, 1.807) is 0 Å². The van der Waals surface area contributed by atoms with Crippen molar-refractivity contribution in [3.63, 3.8) is 0 Å². The lowest BCUT2D eigenvalue weighted by Crippen LogP contribution is -2.30. The first kappa shape index (κ1) is 19.7. The molecule has 0 unspecified atom stereocenters. The lowest BCUT2D eigenvalue weighted by molar-refractivity contribution is -0.143. The van der Waals surface area contributed by atoms with Crippen molar-refractivity contribution >= 4 is 5.78 Å². The van der Waals surface area contributed by atoms with Crippen LogP contribution in [0.5, 0.6) is 0 Å². The highest BCUT2D eigenvalue weighted by Crippen LogP contribution is 2.37. The molecular weight excluding hydrogens is 355 g/mol. The molecule has 25 heavy (non-hydrogen) atoms. The van der Waals surface area contributed by atoms with Crippen LogP contribution in [0.25, 0.3) is 0 Å². The number of rotatable bonds is 6. The number of carbonyl (C=O) groups excluding carboxylic acids is 1. The Morgan fingerprint density at radius 2 is 1.60 bits per heavy atom. The van der Waals surface area contributed by atoms with Gasteiger partial charge in [0.1, 0.15) is 11.3 Å². The molecule has 0 aromatic heterocycles. The molecule has 1 aliphatic rings. The molecule has 2 rings (SSSR count). The second kappa shape index (κ2) is 7.72. The maximum absolute atomic E-state index is 13.7. The van der Waals surface area contributed by atoms with Crippen molar-refractivity contribution in [3.05, 3.63) is 34.4 Å². The zero-order valence-electron chi connectivity index (χ0n) is 13.1. The summed E-state index contributed by atoms with van der Waals surface area (Å²) in [6, 6.07) is -0.255. The first-order chi connectivity index (χ1) is 11.6. The Balaban J connectivity index is 2.04. The van der Waals surface area contributed by atoms with Crippen LogP contribution in [0.4, 0.5) is 30.7 Å². The number of hydrogen-bond donors (Lipinski definition) is 1. The Bertz CT molecular complexity index is 622. The molecular formula is C16H16F7NO. The molecule has 0 bridgehead atoms. The van der Waals surface area contributed by atoms with E-state index in [2.05, 4.69) is 5.32 Å². The number of unbranched alkanes of at least 4 members (excludes halogenated alkanes) is 1. The average molecular weight is 371 g/mol. The monoisotopic (exact) mass is 371 g/mol. The fourth-order valence-corrected chi connectivity index (χ4v) is 2.88. The van der Waals surface area contributed by atoms with Crippen LogP contribution in [-0.2, 0) is 17.4 Å². The molecule has 0 radical (unpaired) electrons. The quantitative estimate of drug-likeness (QED) is 0.459. The molecule has 0 amide bonds. The van der Waals surface area contributed by atoms with Crippen molar-refractivity contribution in [2.75, 3.05) is 6.54 Å². The number of alkyl halides is 3. The van der Waals surface area contributed by atoms with Gasteiger partial charge in [-0.2, -0.15) is 13.2 Å². The first-order valence-electron chi connectivity index (χ1n) is 7.82. The first-order valence-corrected chi connectivity index (χ1v) is 7.82. The minimum Gasteiger partial charge on any atom is -0.307 e. The van der Waals surface area contributed by atoms with Crippen LogP contribution in [0, 0.1) is 23.3 Å². The van der Waals surface area contributed by atoms with Crippen molar-refractivity contribution in [1.82, 2.24) is 5.32 Å². The number of hydrogen-bond acceptors (Lipinski definition) is 2. The van der Waals surface area contributed by atoms with E-state index >= 15 is 0 Å². The summed E-state index contributed by atoms with van der Waals surface area (Å²) in [5.74, 6) is -9.06. The Labute approximate surface area is 139 Å². The molecule has 1 saturated heterocycles. The summed E-state index contributed by atoms with van der Waals surface area (Å²) in [4.78, 5) is 11.8. The lowest BCUT2D eigenvalue weighted by atomic mass is 10.00. The van der Waals surface area contributed by atoms with Gasteiger partial charge < -0.3 is 5.32 Å². The van der Waals surface area contributed by atoms with Crippen LogP contribution in [0.1, 0.15) is 43.2 Å². The standard InChI is InChI=1S/C16H16F7NO/c17-12-8(4-1-2-6-10(25)9-5-3-7-24-9)13(18)15(20)11(14(12)19)16(21,22)23/h9,24H,1-7H2/t9-/m0/s1. The van der Waals surface area contributed by atoms with Crippen LogP contribution < -0.4 is 5.32 Å². The van der Waals surface area contributed by atoms with E-state index < -0.39 is 47.0 Å². The maximum atomic E-state index is 13.7. The molecule has 1 aromatic carbocycles. The van der Waals surface area contributed by atoms with E-state index in [0.717, 1.165) is 13.0 Å². The third-order valence-corrected chi connectivity index (χ3v) is 4.19. The van der Waals surface area contributed by atoms with Gasteiger partial charge in [0.15, 0.2) is 23.3 Å². The molecule has 140 valence electrons. The Hall–Kier alpha value is -1.64. The van der Waals surface area contributed by atoms with Crippen LogP contribution in [0.2, 0.25) is 0 Å². The molecule has 1 heterocycles. The van der Waals surface area contributed by atoms with E-state index in [9.17, 15) is 35.5 Å². The van der Waals surface area contributed by atoms with Gasteiger partial charge in [-0.25, -0.2) is 17.6 Å². The highest BCUT2D eigenvalue weighted by molar-refractivity contribution is 5.84. The Kier molecular flexibility index (Phi) is 6.08. The summed E-state index contributed by atoms with van der Waals surface area (Å²) in [5, 5.41) is 2.99. The summed E-state index contributed by atoms with van der Waals surface area (Å²) < 4.78 is 91.8. The van der Waals surface area contributed by atoms with E-state index in [1.807, 2.05) is 0 Å². The van der Waals surface area contributed by atoms with Crippen molar-refractivity contribution in [2.24, 2.45) is 0 Å². The number of nitrogens with one attached hydrogen (secondary N) is 1. The second-order valence-electron chi connectivity index (χ2n) is 5.93. The highest BCUT2D eigenvalue weighted by atomic mass is 19.4. The Morgan fingerprint density at radius 1 is 1.00 bits per heavy atom. The average Bonchev–Trinajstić information content (AvgIpc) is 3.05. The minimum atomic E-state index is -5.55. The summed E-state index contributed by atoms with van der Waals surface area (Å²) in [6.45, 7) is 0.733. The third-order valence-electron chi connectivity index (χ3n) is 4.19. The predicted octanol–water partition coefficient (Wildman–Crippen LogP) is 4.30. The van der Waals surface area contributed by atoms with Crippen molar-refractivity contribution < 1.29 is 35.5 Å². The number of ketones is 1. The molecule has 0 spiro atoms. The van der Waals surface area contributed by atoms with Gasteiger partial charge in [-0.3, -0.25) is 4.79 Å². The Morgan fingerprint density at radius 3 is 2.08 bits per heavy atom. The fourth-order valence-electron chi connectivity index (χ4n) is 2.88. The fraction of sp³-hybridized carbons (Fsp3) is 0.562. The molecule has 0 saturated carbocycles. The van der Waals surface area contributed by atoms with E-state index in [0.29, 0.717) is 6.42 Å². The smallest absolute Gasteiger partial charge is 0.307 e. The van der Waals surface area contributed by atoms with Crippen molar-refractivity contribution in [3.8, 4) is 0 Å². The van der Waals surface area contributed by atoms with Gasteiger partial charge in [-0.1, -0.05) is 0 Å². The van der Waals surface area contributed by atoms with Gasteiger partial charge in [0.2, 0.25) is 0 Å².